The molecule has 0 heterocycles. The lowest BCUT2D eigenvalue weighted by atomic mass is 10.0. The lowest BCUT2D eigenvalue weighted by Gasteiger charge is -2.14. The maximum absolute atomic E-state index is 5.96. The average molecular weight is 268 g/mol. The second-order valence-corrected chi connectivity index (χ2v) is 5.20. The molecule has 2 aromatic rings. The number of rotatable bonds is 7. The molecule has 0 saturated carbocycles. The summed E-state index contributed by atoms with van der Waals surface area (Å²) in [6, 6.07) is 19.4. The Morgan fingerprint density at radius 3 is 2.45 bits per heavy atom. The quantitative estimate of drug-likeness (QED) is 0.801. The van der Waals surface area contributed by atoms with Crippen molar-refractivity contribution in [2.45, 2.75) is 32.2 Å². The highest BCUT2D eigenvalue weighted by Gasteiger charge is 2.03. The van der Waals surface area contributed by atoms with Crippen LogP contribution in [-0.4, -0.2) is 12.6 Å². The summed E-state index contributed by atoms with van der Waals surface area (Å²) in [6.07, 6.45) is 3.01. The molecule has 0 aliphatic heterocycles. The zero-order valence-corrected chi connectivity index (χ0v) is 12.2. The van der Waals surface area contributed by atoms with Gasteiger partial charge in [0.05, 0.1) is 0 Å². The van der Waals surface area contributed by atoms with Crippen molar-refractivity contribution in [2.24, 2.45) is 5.73 Å². The van der Waals surface area contributed by atoms with Crippen LogP contribution in [-0.2, 0) is 6.42 Å². The molecule has 106 valence electrons. The van der Waals surface area contributed by atoms with Crippen molar-refractivity contribution in [3.05, 3.63) is 65.7 Å². The summed E-state index contributed by atoms with van der Waals surface area (Å²) in [4.78, 5) is 0. The molecule has 2 aromatic carbocycles. The van der Waals surface area contributed by atoms with E-state index in [0.29, 0.717) is 6.04 Å². The Hall–Kier alpha value is -1.80. The minimum atomic E-state index is 0.295. The van der Waals surface area contributed by atoms with Crippen LogP contribution in [0.15, 0.2) is 54.6 Å². The second-order valence-electron chi connectivity index (χ2n) is 5.20. The summed E-state index contributed by atoms with van der Waals surface area (Å²) in [6.45, 7) is 3.06. The van der Waals surface area contributed by atoms with Gasteiger partial charge in [0.15, 0.2) is 0 Å². The second kappa shape index (κ2) is 7.71. The van der Waals surface area contributed by atoms with Gasteiger partial charge < -0.3 is 11.1 Å². The van der Waals surface area contributed by atoms with Crippen LogP contribution in [0.25, 0.3) is 0 Å². The molecular formula is C18H24N2. The number of hydrogen-bond acceptors (Lipinski definition) is 2. The van der Waals surface area contributed by atoms with E-state index in [2.05, 4.69) is 66.8 Å². The highest BCUT2D eigenvalue weighted by atomic mass is 14.9. The Kier molecular flexibility index (Phi) is 5.63. The highest BCUT2D eigenvalue weighted by molar-refractivity contribution is 5.52. The monoisotopic (exact) mass is 268 g/mol. The van der Waals surface area contributed by atoms with Gasteiger partial charge in [0, 0.05) is 18.3 Å². The van der Waals surface area contributed by atoms with Crippen LogP contribution in [0.5, 0.6) is 0 Å². The summed E-state index contributed by atoms with van der Waals surface area (Å²) in [5, 5.41) is 3.52. The van der Waals surface area contributed by atoms with Gasteiger partial charge >= 0.3 is 0 Å². The standard InChI is InChI=1S/C18H24N2/c1-2-17(19)12-13-20-18-11-7-6-10-16(18)14-15-8-4-3-5-9-15/h3-11,17,20H,2,12-14,19H2,1H3. The van der Waals surface area contributed by atoms with Gasteiger partial charge in [-0.3, -0.25) is 0 Å². The fourth-order valence-corrected chi connectivity index (χ4v) is 2.26. The third-order valence-electron chi connectivity index (χ3n) is 3.61. The molecule has 2 rings (SSSR count). The van der Waals surface area contributed by atoms with Gasteiger partial charge in [-0.2, -0.15) is 0 Å². The average Bonchev–Trinajstić information content (AvgIpc) is 2.50. The van der Waals surface area contributed by atoms with E-state index in [-0.39, 0.29) is 0 Å². The smallest absolute Gasteiger partial charge is 0.0376 e. The molecule has 0 aromatic heterocycles. The first-order valence-corrected chi connectivity index (χ1v) is 7.41. The summed E-state index contributed by atoms with van der Waals surface area (Å²) < 4.78 is 0. The molecular weight excluding hydrogens is 244 g/mol. The molecule has 0 radical (unpaired) electrons. The van der Waals surface area contributed by atoms with E-state index in [1.165, 1.54) is 16.8 Å². The normalized spacial score (nSPS) is 12.1. The third kappa shape index (κ3) is 4.39. The number of nitrogens with one attached hydrogen (secondary N) is 1. The van der Waals surface area contributed by atoms with Gasteiger partial charge in [-0.15, -0.1) is 0 Å². The van der Waals surface area contributed by atoms with Crippen molar-refractivity contribution in [3.63, 3.8) is 0 Å². The van der Waals surface area contributed by atoms with Crippen molar-refractivity contribution < 1.29 is 0 Å². The van der Waals surface area contributed by atoms with Crippen LogP contribution in [0.3, 0.4) is 0 Å². The van der Waals surface area contributed by atoms with Crippen LogP contribution in [0.2, 0.25) is 0 Å². The van der Waals surface area contributed by atoms with Crippen molar-refractivity contribution >= 4 is 5.69 Å². The lowest BCUT2D eigenvalue weighted by molar-refractivity contribution is 0.613. The van der Waals surface area contributed by atoms with E-state index in [4.69, 9.17) is 5.73 Å². The molecule has 0 aliphatic carbocycles. The SMILES string of the molecule is CCC(N)CCNc1ccccc1Cc1ccccc1. The first-order valence-electron chi connectivity index (χ1n) is 7.41. The van der Waals surface area contributed by atoms with Gasteiger partial charge in [0.25, 0.3) is 0 Å². The minimum Gasteiger partial charge on any atom is -0.385 e. The molecule has 1 unspecified atom stereocenters. The van der Waals surface area contributed by atoms with Gasteiger partial charge in [-0.05, 0) is 36.5 Å². The first kappa shape index (κ1) is 14.6. The number of nitrogens with two attached hydrogens (primary N) is 1. The van der Waals surface area contributed by atoms with Crippen molar-refractivity contribution in [1.29, 1.82) is 0 Å². The van der Waals surface area contributed by atoms with E-state index in [9.17, 15) is 0 Å². The molecule has 0 amide bonds. The molecule has 0 fully saturated rings. The minimum absolute atomic E-state index is 0.295. The molecule has 2 nitrogen and oxygen atoms in total. The maximum atomic E-state index is 5.96. The number of hydrogen-bond donors (Lipinski definition) is 2. The fourth-order valence-electron chi connectivity index (χ4n) is 2.26. The third-order valence-corrected chi connectivity index (χ3v) is 3.61. The largest absolute Gasteiger partial charge is 0.385 e. The van der Waals surface area contributed by atoms with Crippen LogP contribution < -0.4 is 11.1 Å². The number of benzene rings is 2. The van der Waals surface area contributed by atoms with Gasteiger partial charge in [0.2, 0.25) is 0 Å². The fraction of sp³-hybridized carbons (Fsp3) is 0.333. The number of anilines is 1. The van der Waals surface area contributed by atoms with E-state index in [1.807, 2.05) is 0 Å². The van der Waals surface area contributed by atoms with E-state index in [0.717, 1.165) is 25.8 Å². The van der Waals surface area contributed by atoms with Crippen molar-refractivity contribution in [3.8, 4) is 0 Å². The van der Waals surface area contributed by atoms with Gasteiger partial charge in [0.1, 0.15) is 0 Å². The summed E-state index contributed by atoms with van der Waals surface area (Å²) >= 11 is 0. The Morgan fingerprint density at radius 2 is 1.70 bits per heavy atom. The molecule has 0 saturated heterocycles. The molecule has 0 aliphatic rings. The Labute approximate surface area is 122 Å². The zero-order valence-electron chi connectivity index (χ0n) is 12.2. The molecule has 1 atom stereocenters. The highest BCUT2D eigenvalue weighted by Crippen LogP contribution is 2.19. The Bertz CT molecular complexity index is 508. The lowest BCUT2D eigenvalue weighted by Crippen LogP contribution is -2.22. The first-order chi connectivity index (χ1) is 9.79. The maximum Gasteiger partial charge on any atom is 0.0376 e. The molecule has 0 bridgehead atoms. The van der Waals surface area contributed by atoms with Gasteiger partial charge in [-0.25, -0.2) is 0 Å². The van der Waals surface area contributed by atoms with Crippen LogP contribution in [0.1, 0.15) is 30.9 Å². The van der Waals surface area contributed by atoms with Crippen molar-refractivity contribution in [2.75, 3.05) is 11.9 Å². The molecule has 2 heteroatoms. The summed E-state index contributed by atoms with van der Waals surface area (Å²) in [5.41, 5.74) is 9.86. The molecule has 20 heavy (non-hydrogen) atoms. The summed E-state index contributed by atoms with van der Waals surface area (Å²) in [5.74, 6) is 0. The topological polar surface area (TPSA) is 38.0 Å². The Balaban J connectivity index is 1.99. The van der Waals surface area contributed by atoms with E-state index < -0.39 is 0 Å². The van der Waals surface area contributed by atoms with Crippen LogP contribution in [0.4, 0.5) is 5.69 Å². The predicted octanol–water partition coefficient (Wildman–Crippen LogP) is 3.82. The number of para-hydroxylation sites is 1. The van der Waals surface area contributed by atoms with Crippen molar-refractivity contribution in [1.82, 2.24) is 0 Å². The van der Waals surface area contributed by atoms with Crippen LogP contribution >= 0.6 is 0 Å². The van der Waals surface area contributed by atoms with Crippen LogP contribution in [0, 0.1) is 0 Å². The zero-order chi connectivity index (χ0) is 14.2. The Morgan fingerprint density at radius 1 is 1.00 bits per heavy atom. The predicted molar refractivity (Wildman–Crippen MR) is 87.1 cm³/mol. The molecule has 0 spiro atoms. The summed E-state index contributed by atoms with van der Waals surface area (Å²) in [7, 11) is 0. The van der Waals surface area contributed by atoms with Gasteiger partial charge in [-0.1, -0.05) is 55.5 Å². The van der Waals surface area contributed by atoms with E-state index >= 15 is 0 Å². The van der Waals surface area contributed by atoms with E-state index in [1.54, 1.807) is 0 Å². The molecule has 3 N–H and O–H groups in total.